The summed E-state index contributed by atoms with van der Waals surface area (Å²) in [7, 11) is 0. The molecule has 0 saturated carbocycles. The maximum absolute atomic E-state index is 15.2. The molecule has 0 radical (unpaired) electrons. The van der Waals surface area contributed by atoms with E-state index in [1.54, 1.807) is 0 Å². The first-order valence-corrected chi connectivity index (χ1v) is 8.72. The van der Waals surface area contributed by atoms with Crippen molar-refractivity contribution in [3.63, 3.8) is 0 Å². The van der Waals surface area contributed by atoms with E-state index < -0.39 is 11.7 Å². The predicted molar refractivity (Wildman–Crippen MR) is 97.7 cm³/mol. The smallest absolute Gasteiger partial charge is 0.249 e. The van der Waals surface area contributed by atoms with Crippen LogP contribution in [-0.4, -0.2) is 12.5 Å². The Hall–Kier alpha value is -2.53. The van der Waals surface area contributed by atoms with E-state index in [-0.39, 0.29) is 11.4 Å². The number of benzene rings is 2. The van der Waals surface area contributed by atoms with Gasteiger partial charge in [-0.1, -0.05) is 5.57 Å². The molecule has 2 aliphatic rings. The van der Waals surface area contributed by atoms with Gasteiger partial charge in [-0.15, -0.1) is 0 Å². The van der Waals surface area contributed by atoms with Gasteiger partial charge in [-0.25, -0.2) is 8.78 Å². The van der Waals surface area contributed by atoms with Gasteiger partial charge in [0.05, 0.1) is 0 Å². The number of hydrogen-bond donors (Lipinski definition) is 2. The first kappa shape index (κ1) is 16.9. The standard InChI is InChI=1S/C21H20F2N2O/c1-10-5-15-17(21(24)26)8-18(23)20(19(15)11(10)2)16-7-13(22)6-12-9-25-4-3-14(12)16/h6-8,25H,3-5,9H2,1-2H3,(H2,24,26). The zero-order valence-electron chi connectivity index (χ0n) is 14.8. The van der Waals surface area contributed by atoms with Crippen LogP contribution in [0.15, 0.2) is 23.8 Å². The van der Waals surface area contributed by atoms with Crippen molar-refractivity contribution in [3.8, 4) is 11.1 Å². The quantitative estimate of drug-likeness (QED) is 0.863. The molecule has 26 heavy (non-hydrogen) atoms. The van der Waals surface area contributed by atoms with Gasteiger partial charge in [0.1, 0.15) is 11.6 Å². The van der Waals surface area contributed by atoms with Crippen LogP contribution in [0, 0.1) is 11.6 Å². The third-order valence-corrected chi connectivity index (χ3v) is 5.55. The summed E-state index contributed by atoms with van der Waals surface area (Å²) in [6, 6.07) is 4.13. The molecule has 0 saturated heterocycles. The predicted octanol–water partition coefficient (Wildman–Crippen LogP) is 3.73. The minimum absolute atomic E-state index is 0.212. The highest BCUT2D eigenvalue weighted by Gasteiger charge is 2.29. The maximum Gasteiger partial charge on any atom is 0.249 e. The van der Waals surface area contributed by atoms with Gasteiger partial charge >= 0.3 is 0 Å². The third kappa shape index (κ3) is 2.46. The highest BCUT2D eigenvalue weighted by molar-refractivity contribution is 6.00. The fraction of sp³-hybridized carbons (Fsp3) is 0.286. The van der Waals surface area contributed by atoms with Gasteiger partial charge in [0.2, 0.25) is 5.91 Å². The molecule has 2 aromatic rings. The van der Waals surface area contributed by atoms with Crippen LogP contribution in [0.2, 0.25) is 0 Å². The van der Waals surface area contributed by atoms with Gasteiger partial charge in [-0.05, 0) is 84.8 Å². The van der Waals surface area contributed by atoms with Crippen molar-refractivity contribution < 1.29 is 13.6 Å². The van der Waals surface area contributed by atoms with Crippen molar-refractivity contribution >= 4 is 11.5 Å². The lowest BCUT2D eigenvalue weighted by Crippen LogP contribution is -2.24. The summed E-state index contributed by atoms with van der Waals surface area (Å²) < 4.78 is 29.5. The molecule has 0 fully saturated rings. The average Bonchev–Trinajstić information content (AvgIpc) is 2.89. The van der Waals surface area contributed by atoms with Gasteiger partial charge in [-0.2, -0.15) is 0 Å². The molecule has 0 bridgehead atoms. The summed E-state index contributed by atoms with van der Waals surface area (Å²) >= 11 is 0. The van der Waals surface area contributed by atoms with E-state index in [2.05, 4.69) is 5.32 Å². The summed E-state index contributed by atoms with van der Waals surface area (Å²) in [5.74, 6) is -1.55. The van der Waals surface area contributed by atoms with E-state index in [9.17, 15) is 9.18 Å². The van der Waals surface area contributed by atoms with Crippen molar-refractivity contribution in [3.05, 3.63) is 63.2 Å². The average molecular weight is 354 g/mol. The molecule has 1 amide bonds. The number of rotatable bonds is 2. The summed E-state index contributed by atoms with van der Waals surface area (Å²) in [6.07, 6.45) is 1.27. The number of hydrogen-bond acceptors (Lipinski definition) is 2. The Morgan fingerprint density at radius 1 is 1.12 bits per heavy atom. The SMILES string of the molecule is CC1=C(C)c2c(c(C(N)=O)cc(F)c2-c2cc(F)cc3c2CCNC3)C1. The van der Waals surface area contributed by atoms with Crippen molar-refractivity contribution in [2.75, 3.05) is 6.54 Å². The molecule has 1 heterocycles. The minimum Gasteiger partial charge on any atom is -0.366 e. The first-order chi connectivity index (χ1) is 12.4. The van der Waals surface area contributed by atoms with Crippen LogP contribution in [0.1, 0.15) is 46.5 Å². The zero-order chi connectivity index (χ0) is 18.6. The van der Waals surface area contributed by atoms with Gasteiger partial charge in [0, 0.05) is 17.7 Å². The van der Waals surface area contributed by atoms with Crippen molar-refractivity contribution in [2.24, 2.45) is 5.73 Å². The topological polar surface area (TPSA) is 55.1 Å². The van der Waals surface area contributed by atoms with E-state index in [0.29, 0.717) is 36.1 Å². The lowest BCUT2D eigenvalue weighted by molar-refractivity contribution is 0.0999. The number of nitrogens with two attached hydrogens (primary N) is 1. The maximum atomic E-state index is 15.2. The Kier molecular flexibility index (Phi) is 3.92. The van der Waals surface area contributed by atoms with Crippen LogP contribution < -0.4 is 11.1 Å². The van der Waals surface area contributed by atoms with E-state index in [0.717, 1.165) is 34.4 Å². The molecule has 134 valence electrons. The minimum atomic E-state index is -0.639. The Morgan fingerprint density at radius 3 is 2.62 bits per heavy atom. The molecule has 0 spiro atoms. The molecule has 0 atom stereocenters. The number of primary amides is 1. The second-order valence-electron chi connectivity index (χ2n) is 7.10. The molecule has 1 aliphatic carbocycles. The highest BCUT2D eigenvalue weighted by atomic mass is 19.1. The van der Waals surface area contributed by atoms with Crippen LogP contribution in [0.4, 0.5) is 8.78 Å². The van der Waals surface area contributed by atoms with Gasteiger partial charge in [0.15, 0.2) is 0 Å². The number of carbonyl (C=O) groups is 1. The Balaban J connectivity index is 2.08. The molecule has 2 aromatic carbocycles. The second-order valence-corrected chi connectivity index (χ2v) is 7.10. The third-order valence-electron chi connectivity index (χ3n) is 5.55. The summed E-state index contributed by atoms with van der Waals surface area (Å²) in [5, 5.41) is 3.22. The molecule has 3 N–H and O–H groups in total. The zero-order valence-corrected chi connectivity index (χ0v) is 14.8. The lowest BCUT2D eigenvalue weighted by Gasteiger charge is -2.23. The van der Waals surface area contributed by atoms with Crippen molar-refractivity contribution in [2.45, 2.75) is 33.2 Å². The van der Waals surface area contributed by atoms with E-state index in [4.69, 9.17) is 5.73 Å². The molecule has 0 unspecified atom stereocenters. The van der Waals surface area contributed by atoms with E-state index >= 15 is 4.39 Å². The van der Waals surface area contributed by atoms with Gasteiger partial charge in [-0.3, -0.25) is 4.79 Å². The molecule has 4 rings (SSSR count). The Morgan fingerprint density at radius 2 is 1.88 bits per heavy atom. The Bertz CT molecular complexity index is 992. The van der Waals surface area contributed by atoms with Gasteiger partial charge in [0.25, 0.3) is 0 Å². The summed E-state index contributed by atoms with van der Waals surface area (Å²) in [5.41, 5.74) is 11.9. The number of amides is 1. The molecule has 5 heteroatoms. The Labute approximate surface area is 150 Å². The highest BCUT2D eigenvalue weighted by Crippen LogP contribution is 2.44. The second kappa shape index (κ2) is 6.02. The van der Waals surface area contributed by atoms with E-state index in [1.807, 2.05) is 13.8 Å². The lowest BCUT2D eigenvalue weighted by atomic mass is 9.85. The van der Waals surface area contributed by atoms with Crippen LogP contribution >= 0.6 is 0 Å². The number of allylic oxidation sites excluding steroid dienone is 2. The number of halogens is 2. The number of carbonyl (C=O) groups excluding carboxylic acids is 1. The van der Waals surface area contributed by atoms with Crippen LogP contribution in [0.3, 0.4) is 0 Å². The monoisotopic (exact) mass is 354 g/mol. The summed E-state index contributed by atoms with van der Waals surface area (Å²) in [6.45, 7) is 5.22. The van der Waals surface area contributed by atoms with Gasteiger partial charge < -0.3 is 11.1 Å². The fourth-order valence-electron chi connectivity index (χ4n) is 4.19. The van der Waals surface area contributed by atoms with Crippen molar-refractivity contribution in [1.29, 1.82) is 0 Å². The number of fused-ring (bicyclic) bond motifs is 2. The van der Waals surface area contributed by atoms with E-state index in [1.165, 1.54) is 18.2 Å². The van der Waals surface area contributed by atoms with Crippen LogP contribution in [0.5, 0.6) is 0 Å². The van der Waals surface area contributed by atoms with Crippen molar-refractivity contribution in [1.82, 2.24) is 5.32 Å². The largest absolute Gasteiger partial charge is 0.366 e. The number of nitrogens with one attached hydrogen (secondary N) is 1. The molecular formula is C21H20F2N2O. The molecule has 0 aromatic heterocycles. The first-order valence-electron chi connectivity index (χ1n) is 8.72. The van der Waals surface area contributed by atoms with Crippen LogP contribution in [-0.2, 0) is 19.4 Å². The molecule has 3 nitrogen and oxygen atoms in total. The normalized spacial score (nSPS) is 15.8. The van der Waals surface area contributed by atoms with Crippen LogP contribution in [0.25, 0.3) is 16.7 Å². The molecule has 1 aliphatic heterocycles. The molecular weight excluding hydrogens is 334 g/mol. The summed E-state index contributed by atoms with van der Waals surface area (Å²) in [4.78, 5) is 11.8. The fourth-order valence-corrected chi connectivity index (χ4v) is 4.19.